The molecule has 0 aliphatic carbocycles. The first-order valence-corrected chi connectivity index (χ1v) is 17.4. The lowest BCUT2D eigenvalue weighted by molar-refractivity contribution is -0.252. The van der Waals surface area contributed by atoms with Crippen molar-refractivity contribution in [3.05, 3.63) is 162 Å². The summed E-state index contributed by atoms with van der Waals surface area (Å²) < 4.78 is 12.2. The van der Waals surface area contributed by atoms with Gasteiger partial charge < -0.3 is 30.0 Å². The Bertz CT molecular complexity index is 2170. The summed E-state index contributed by atoms with van der Waals surface area (Å²) in [5.74, 6) is -0.366. The predicted octanol–water partition coefficient (Wildman–Crippen LogP) is 10.0. The minimum atomic E-state index is -1.18. The zero-order chi connectivity index (χ0) is 39.2. The van der Waals surface area contributed by atoms with Crippen LogP contribution in [0.3, 0.4) is 0 Å². The van der Waals surface area contributed by atoms with E-state index in [1.807, 2.05) is 124 Å². The van der Waals surface area contributed by atoms with Gasteiger partial charge in [0.05, 0.1) is 24.3 Å². The maximum Gasteiger partial charge on any atom is 0.336 e. The van der Waals surface area contributed by atoms with E-state index in [4.69, 9.17) is 14.3 Å². The van der Waals surface area contributed by atoms with Gasteiger partial charge in [-0.3, -0.25) is 10.1 Å². The van der Waals surface area contributed by atoms with Crippen molar-refractivity contribution in [3.8, 4) is 33.8 Å². The summed E-state index contributed by atoms with van der Waals surface area (Å²) >= 11 is 0. The molecule has 1 amide bonds. The van der Waals surface area contributed by atoms with Crippen LogP contribution >= 0.6 is 0 Å². The molecule has 4 N–H and O–H groups in total. The van der Waals surface area contributed by atoms with Gasteiger partial charge in [-0.2, -0.15) is 0 Å². The molecule has 0 saturated heterocycles. The van der Waals surface area contributed by atoms with Gasteiger partial charge >= 0.3 is 5.97 Å². The Balaban J connectivity index is 0.00000285. The van der Waals surface area contributed by atoms with Gasteiger partial charge in [0, 0.05) is 28.0 Å². The summed E-state index contributed by atoms with van der Waals surface area (Å²) in [7, 11) is 0. The number of ether oxygens (including phenoxy) is 2. The van der Waals surface area contributed by atoms with Crippen LogP contribution in [0, 0.1) is 5.41 Å². The van der Waals surface area contributed by atoms with E-state index >= 15 is 0 Å². The van der Waals surface area contributed by atoms with Gasteiger partial charge in [-0.25, -0.2) is 9.68 Å². The maximum absolute atomic E-state index is 13.1. The van der Waals surface area contributed by atoms with Crippen molar-refractivity contribution in [2.45, 2.75) is 20.5 Å². The molecule has 0 fully saturated rings. The smallest absolute Gasteiger partial charge is 0.336 e. The topological polar surface area (TPSA) is 143 Å². The van der Waals surface area contributed by atoms with Crippen molar-refractivity contribution in [1.29, 1.82) is 0 Å². The number of carboxylic acid groups (broad SMARTS) is 1. The van der Waals surface area contributed by atoms with E-state index in [0.717, 1.165) is 33.6 Å². The molecule has 0 aromatic heterocycles. The second kappa shape index (κ2) is 18.8. The number of rotatable bonds is 15. The molecule has 0 saturated carbocycles. The molecule has 0 aliphatic heterocycles. The molecule has 0 heterocycles. The standard InChI is InChI=1S/C44H40N2O7.CH2O/c1-44(2,28-51-37-19-15-35(16-20-37)45-41-24-14-32(25-34(41)27-53-50)30-9-5-3-6-10-30)29-52-38-21-17-36(18-22-38)46-42(47)39-23-13-33(26-40(39)43(48)49)31-11-7-4-8-12-31;1-2/h3-26,45,50H,27-29H2,1-2H3,(H,46,47)(H,48,49);1H2. The first kappa shape index (κ1) is 39.5. The molecule has 0 aliphatic rings. The number of carbonyl (C=O) groups is 3. The van der Waals surface area contributed by atoms with E-state index in [1.54, 1.807) is 30.3 Å². The molecular weight excluding hydrogens is 697 g/mol. The fourth-order valence-corrected chi connectivity index (χ4v) is 5.67. The van der Waals surface area contributed by atoms with Crippen molar-refractivity contribution < 1.29 is 39.1 Å². The summed E-state index contributed by atoms with van der Waals surface area (Å²) in [4.78, 5) is 37.6. The van der Waals surface area contributed by atoms with Gasteiger partial charge in [-0.1, -0.05) is 86.6 Å². The molecule has 6 rings (SSSR count). The third-order valence-electron chi connectivity index (χ3n) is 8.54. The average molecular weight is 739 g/mol. The molecule has 0 unspecified atom stereocenters. The van der Waals surface area contributed by atoms with Crippen molar-refractivity contribution in [2.75, 3.05) is 23.8 Å². The van der Waals surface area contributed by atoms with Crippen molar-refractivity contribution in [1.82, 2.24) is 0 Å². The van der Waals surface area contributed by atoms with Crippen LogP contribution in [0.25, 0.3) is 22.3 Å². The molecule has 0 atom stereocenters. The van der Waals surface area contributed by atoms with Crippen LogP contribution < -0.4 is 20.1 Å². The van der Waals surface area contributed by atoms with Gasteiger partial charge in [0.15, 0.2) is 0 Å². The highest BCUT2D eigenvalue weighted by molar-refractivity contribution is 6.11. The summed E-state index contributed by atoms with van der Waals surface area (Å²) in [5.41, 5.74) is 6.35. The van der Waals surface area contributed by atoms with Crippen molar-refractivity contribution >= 4 is 35.7 Å². The number of carbonyl (C=O) groups excluding carboxylic acids is 2. The van der Waals surface area contributed by atoms with E-state index in [-0.39, 0.29) is 23.1 Å². The van der Waals surface area contributed by atoms with Crippen LogP contribution in [0.2, 0.25) is 0 Å². The number of benzene rings is 6. The highest BCUT2D eigenvalue weighted by Gasteiger charge is 2.21. The zero-order valence-electron chi connectivity index (χ0n) is 30.5. The Hall–Kier alpha value is -6.75. The molecule has 10 nitrogen and oxygen atoms in total. The number of hydrogen-bond acceptors (Lipinski definition) is 8. The van der Waals surface area contributed by atoms with Crippen LogP contribution in [0.1, 0.15) is 40.1 Å². The second-order valence-corrected chi connectivity index (χ2v) is 13.3. The van der Waals surface area contributed by atoms with Crippen molar-refractivity contribution in [2.24, 2.45) is 5.41 Å². The number of nitrogens with one attached hydrogen (secondary N) is 2. The molecule has 0 bridgehead atoms. The number of aromatic carboxylic acids is 1. The van der Waals surface area contributed by atoms with Crippen molar-refractivity contribution in [3.63, 3.8) is 0 Å². The van der Waals surface area contributed by atoms with E-state index in [9.17, 15) is 20.0 Å². The summed E-state index contributed by atoms with van der Waals surface area (Å²) in [6.45, 7) is 6.92. The minimum Gasteiger partial charge on any atom is -0.493 e. The Morgan fingerprint density at radius 1 is 0.618 bits per heavy atom. The number of carboxylic acids is 1. The summed E-state index contributed by atoms with van der Waals surface area (Å²) in [6, 6.07) is 44.8. The number of anilines is 3. The SMILES string of the molecule is C=O.CC(C)(COc1ccc(NC(=O)c2ccc(-c3ccccc3)cc2C(=O)O)cc1)COc1ccc(Nc2ccc(-c3ccccc3)cc2COO)cc1. The van der Waals surface area contributed by atoms with Gasteiger partial charge in [0.2, 0.25) is 0 Å². The molecule has 280 valence electrons. The lowest BCUT2D eigenvalue weighted by Gasteiger charge is -2.25. The normalized spacial score (nSPS) is 10.7. The Kier molecular flexibility index (Phi) is 13.5. The molecule has 10 heteroatoms. The first-order valence-electron chi connectivity index (χ1n) is 17.4. The largest absolute Gasteiger partial charge is 0.493 e. The Labute approximate surface area is 319 Å². The average Bonchev–Trinajstić information content (AvgIpc) is 3.22. The van der Waals surface area contributed by atoms with Crippen LogP contribution in [-0.4, -0.2) is 42.2 Å². The lowest BCUT2D eigenvalue weighted by Crippen LogP contribution is -2.28. The fourth-order valence-electron chi connectivity index (χ4n) is 5.67. The second-order valence-electron chi connectivity index (χ2n) is 13.3. The van der Waals surface area contributed by atoms with Crippen LogP contribution in [-0.2, 0) is 16.3 Å². The Morgan fingerprint density at radius 2 is 1.13 bits per heavy atom. The van der Waals surface area contributed by atoms with Gasteiger partial charge in [0.1, 0.15) is 24.9 Å². The first-order chi connectivity index (χ1) is 26.7. The lowest BCUT2D eigenvalue weighted by atomic mass is 9.96. The van der Waals surface area contributed by atoms with E-state index in [0.29, 0.717) is 36.0 Å². The third kappa shape index (κ3) is 10.9. The zero-order valence-corrected chi connectivity index (χ0v) is 30.5. The predicted molar refractivity (Wildman–Crippen MR) is 214 cm³/mol. The molecular formula is C45H42N2O8. The molecule has 0 radical (unpaired) electrons. The van der Waals surface area contributed by atoms with E-state index in [2.05, 4.69) is 15.5 Å². The quantitative estimate of drug-likeness (QED) is 0.0598. The summed E-state index contributed by atoms with van der Waals surface area (Å²) in [5, 5.41) is 25.2. The van der Waals surface area contributed by atoms with Gasteiger partial charge in [0.25, 0.3) is 5.91 Å². The fraction of sp³-hybridized carbons (Fsp3) is 0.133. The minimum absolute atomic E-state index is 0.0439. The van der Waals surface area contributed by atoms with Gasteiger partial charge in [-0.05, 0) is 95.1 Å². The summed E-state index contributed by atoms with van der Waals surface area (Å²) in [6.07, 6.45) is 0. The van der Waals surface area contributed by atoms with E-state index < -0.39 is 11.9 Å². The number of amides is 1. The van der Waals surface area contributed by atoms with Crippen LogP contribution in [0.4, 0.5) is 17.1 Å². The molecule has 0 spiro atoms. The maximum atomic E-state index is 13.1. The third-order valence-corrected chi connectivity index (χ3v) is 8.54. The van der Waals surface area contributed by atoms with Crippen LogP contribution in [0.5, 0.6) is 11.5 Å². The van der Waals surface area contributed by atoms with Gasteiger partial charge in [-0.15, -0.1) is 0 Å². The Morgan fingerprint density at radius 3 is 1.65 bits per heavy atom. The highest BCUT2D eigenvalue weighted by atomic mass is 17.1. The molecule has 6 aromatic carbocycles. The number of hydrogen-bond donors (Lipinski definition) is 4. The molecule has 6 aromatic rings. The van der Waals surface area contributed by atoms with E-state index in [1.165, 1.54) is 12.1 Å². The van der Waals surface area contributed by atoms with Crippen LogP contribution in [0.15, 0.2) is 146 Å². The highest BCUT2D eigenvalue weighted by Crippen LogP contribution is 2.30. The monoisotopic (exact) mass is 738 g/mol. The molecule has 55 heavy (non-hydrogen) atoms.